The maximum atomic E-state index is 13.8. The van der Waals surface area contributed by atoms with Gasteiger partial charge in [-0.05, 0) is 57.6 Å². The van der Waals surface area contributed by atoms with Crippen LogP contribution in [0.25, 0.3) is 6.08 Å². The minimum Gasteiger partial charge on any atom is -0.478 e. The molecule has 1 fully saturated rings. The maximum Gasteiger partial charge on any atom is 0.335 e. The molecule has 1 aliphatic heterocycles. The van der Waals surface area contributed by atoms with Gasteiger partial charge < -0.3 is 23.7 Å². The van der Waals surface area contributed by atoms with Crippen molar-refractivity contribution in [3.05, 3.63) is 117 Å². The largest absolute Gasteiger partial charge is 0.478 e. The van der Waals surface area contributed by atoms with Gasteiger partial charge in [0.05, 0.1) is 35.3 Å². The highest BCUT2D eigenvalue weighted by Gasteiger charge is 2.23. The van der Waals surface area contributed by atoms with Crippen molar-refractivity contribution in [2.24, 2.45) is 12.0 Å². The van der Waals surface area contributed by atoms with E-state index in [4.69, 9.17) is 26.2 Å². The van der Waals surface area contributed by atoms with Crippen LogP contribution in [0.15, 0.2) is 94.0 Å². The molecule has 3 heterocycles. The van der Waals surface area contributed by atoms with E-state index in [-0.39, 0.29) is 30.0 Å². The van der Waals surface area contributed by atoms with Crippen LogP contribution in [0.5, 0.6) is 0 Å². The Labute approximate surface area is 268 Å². The first-order chi connectivity index (χ1) is 21.6. The van der Waals surface area contributed by atoms with Crippen LogP contribution in [0.1, 0.15) is 49.5 Å². The monoisotopic (exact) mass is 638 g/mol. The molecule has 4 rings (SSSR count). The van der Waals surface area contributed by atoms with E-state index < -0.39 is 11.8 Å². The van der Waals surface area contributed by atoms with Gasteiger partial charge in [0.15, 0.2) is 0 Å². The summed E-state index contributed by atoms with van der Waals surface area (Å²) in [6.45, 7) is 10.9. The fourth-order valence-corrected chi connectivity index (χ4v) is 4.56. The highest BCUT2D eigenvalue weighted by atomic mass is 35.5. The van der Waals surface area contributed by atoms with Gasteiger partial charge in [-0.3, -0.25) is 4.79 Å². The van der Waals surface area contributed by atoms with Crippen molar-refractivity contribution in [1.82, 2.24) is 14.1 Å². The van der Waals surface area contributed by atoms with Gasteiger partial charge in [-0.1, -0.05) is 31.2 Å². The van der Waals surface area contributed by atoms with Crippen LogP contribution in [0.4, 0.5) is 4.39 Å². The molecule has 2 aromatic heterocycles. The molecule has 1 atom stereocenters. The van der Waals surface area contributed by atoms with Gasteiger partial charge in [0.25, 0.3) is 5.56 Å². The Morgan fingerprint density at radius 2 is 2.13 bits per heavy atom. The average Bonchev–Trinajstić information content (AvgIpc) is 3.12. The molecule has 9 nitrogen and oxygen atoms in total. The van der Waals surface area contributed by atoms with Gasteiger partial charge in [0.2, 0.25) is 5.88 Å². The number of nitrogens with zero attached hydrogens (tertiary/aromatic N) is 4. The lowest BCUT2D eigenvalue weighted by Crippen LogP contribution is -2.31. The number of aromatic nitrogens is 3. The number of carbonyl (C=O) groups is 1. The number of ether oxygens (including phenoxy) is 2. The second-order valence-corrected chi connectivity index (χ2v) is 10.6. The van der Waals surface area contributed by atoms with Crippen LogP contribution in [0, 0.1) is 6.92 Å². The van der Waals surface area contributed by atoms with E-state index in [9.17, 15) is 14.0 Å². The first kappa shape index (κ1) is 35.2. The number of aliphatic carboxylic acids is 1. The Bertz CT molecular complexity index is 1620. The van der Waals surface area contributed by atoms with Crippen molar-refractivity contribution in [2.45, 2.75) is 52.7 Å². The molecule has 240 valence electrons. The topological polar surface area (TPSA) is 108 Å². The maximum absolute atomic E-state index is 13.8. The minimum atomic E-state index is -0.908. The Morgan fingerprint density at radius 3 is 2.73 bits per heavy atom. The molecule has 1 unspecified atom stereocenters. The normalized spacial score (nSPS) is 16.7. The fourth-order valence-electron chi connectivity index (χ4n) is 4.35. The summed E-state index contributed by atoms with van der Waals surface area (Å²) in [5.41, 5.74) is 3.48. The van der Waals surface area contributed by atoms with Gasteiger partial charge in [0.1, 0.15) is 18.3 Å². The van der Waals surface area contributed by atoms with Crippen molar-refractivity contribution in [1.29, 1.82) is 0 Å². The number of carboxylic acid groups (broad SMARTS) is 1. The Hall–Kier alpha value is -4.28. The van der Waals surface area contributed by atoms with Crippen LogP contribution >= 0.6 is 11.6 Å². The molecule has 1 aliphatic carbocycles. The molecule has 11 heteroatoms. The molecule has 0 aromatic carbocycles. The number of halogens is 2. The van der Waals surface area contributed by atoms with Crippen molar-refractivity contribution in [3.63, 3.8) is 0 Å². The molecule has 45 heavy (non-hydrogen) atoms. The number of rotatable bonds is 12. The number of allylic oxidation sites excluding steroid dienone is 6. The van der Waals surface area contributed by atoms with Gasteiger partial charge in [-0.15, -0.1) is 11.6 Å². The zero-order chi connectivity index (χ0) is 32.9. The third-order valence-corrected chi connectivity index (χ3v) is 7.31. The highest BCUT2D eigenvalue weighted by molar-refractivity contribution is 6.19. The molecule has 0 saturated carbocycles. The van der Waals surface area contributed by atoms with Crippen LogP contribution in [-0.4, -0.2) is 56.1 Å². The Balaban J connectivity index is 0.000000256. The molecular weight excluding hydrogens is 599 g/mol. The van der Waals surface area contributed by atoms with E-state index in [0.717, 1.165) is 43.2 Å². The zero-order valence-electron chi connectivity index (χ0n) is 26.1. The van der Waals surface area contributed by atoms with E-state index in [1.165, 1.54) is 16.7 Å². The molecule has 0 amide bonds. The van der Waals surface area contributed by atoms with Gasteiger partial charge in [0, 0.05) is 49.4 Å². The van der Waals surface area contributed by atoms with E-state index in [1.807, 2.05) is 26.0 Å². The summed E-state index contributed by atoms with van der Waals surface area (Å²) in [6.07, 6.45) is 16.2. The summed E-state index contributed by atoms with van der Waals surface area (Å²) in [7, 11) is 1.67. The lowest BCUT2D eigenvalue weighted by Gasteiger charge is -2.27. The highest BCUT2D eigenvalue weighted by Crippen LogP contribution is 2.23. The lowest BCUT2D eigenvalue weighted by atomic mass is 10.1. The van der Waals surface area contributed by atoms with Gasteiger partial charge >= 0.3 is 5.97 Å². The summed E-state index contributed by atoms with van der Waals surface area (Å²) in [5, 5.41) is 9.15. The fraction of sp³-hybridized carbons (Fsp3) is 0.353. The van der Waals surface area contributed by atoms with Crippen molar-refractivity contribution in [2.75, 3.05) is 19.1 Å². The predicted molar refractivity (Wildman–Crippen MR) is 176 cm³/mol. The van der Waals surface area contributed by atoms with Crippen molar-refractivity contribution >= 4 is 29.4 Å². The summed E-state index contributed by atoms with van der Waals surface area (Å²) < 4.78 is 28.2. The number of hydrogen-bond acceptors (Lipinski definition) is 6. The van der Waals surface area contributed by atoms with E-state index in [0.29, 0.717) is 28.8 Å². The Kier molecular flexibility index (Phi) is 13.5. The number of aliphatic imine (C=N–C) groups is 1. The van der Waals surface area contributed by atoms with E-state index >= 15 is 0 Å². The second kappa shape index (κ2) is 17.3. The predicted octanol–water partition coefficient (Wildman–Crippen LogP) is 6.23. The van der Waals surface area contributed by atoms with Gasteiger partial charge in [-0.25, -0.2) is 19.2 Å². The molecule has 2 aliphatic rings. The smallest absolute Gasteiger partial charge is 0.335 e. The molecule has 0 bridgehead atoms. The van der Waals surface area contributed by atoms with E-state index in [2.05, 4.69) is 21.1 Å². The van der Waals surface area contributed by atoms with Crippen LogP contribution in [0.2, 0.25) is 0 Å². The summed E-state index contributed by atoms with van der Waals surface area (Å²) in [5.74, 6) is -0.315. The van der Waals surface area contributed by atoms with Crippen molar-refractivity contribution in [3.8, 4) is 0 Å². The first-order valence-electron chi connectivity index (χ1n) is 14.7. The van der Waals surface area contributed by atoms with Crippen molar-refractivity contribution < 1.29 is 23.8 Å². The molecule has 2 aromatic rings. The number of hydrogen-bond donors (Lipinski definition) is 1. The average molecular weight is 639 g/mol. The second-order valence-electron chi connectivity index (χ2n) is 10.3. The molecule has 0 spiro atoms. The number of alkyl halides is 1. The van der Waals surface area contributed by atoms with Crippen LogP contribution in [0.3, 0.4) is 0 Å². The molecule has 1 N–H and O–H groups in total. The number of carboxylic acids is 1. The number of pyridine rings is 1. The molecule has 1 saturated heterocycles. The summed E-state index contributed by atoms with van der Waals surface area (Å²) in [4.78, 5) is 31.9. The number of fused-ring (bicyclic) bond motifs is 1. The molecule has 0 radical (unpaired) electrons. The summed E-state index contributed by atoms with van der Waals surface area (Å²) in [6, 6.07) is 3.27. The SMILES string of the molecule is C=C(/N=C(\C=CCC)c1ccn(C)c(=O)c1)OC/C(CCl)=C(F)/C=C\C.Cc1nc2c(n1CC1CCO1)C=C(C(=O)O)C=CC2. The minimum absolute atomic E-state index is 0.00445. The van der Waals surface area contributed by atoms with Gasteiger partial charge in [-0.2, -0.15) is 0 Å². The molecular formula is C34H40ClFN4O5. The van der Waals surface area contributed by atoms with Crippen LogP contribution < -0.4 is 5.56 Å². The standard InChI is InChI=1S/C20H24ClFN2O2.C14H16N2O3/c1-5-7-9-19(16-10-11-24(4)20(25)12-16)23-15(3)26-14-17(13-21)18(22)8-6-2;1-9-15-12-4-2-3-10(14(17)18)7-13(12)16(9)8-11-5-6-19-11/h6-12H,3,5,13-14H2,1-2,4H3;2-3,7,11H,4-6,8H2,1H3,(H,17,18)/b8-6-,9-7?,18-17-,23-19+;. The third kappa shape index (κ3) is 10.1. The summed E-state index contributed by atoms with van der Waals surface area (Å²) >= 11 is 5.76. The number of imidazole rings is 1. The quantitative estimate of drug-likeness (QED) is 0.128. The number of aryl methyl sites for hydroxylation is 2. The lowest BCUT2D eigenvalue weighted by molar-refractivity contribution is -0.132. The zero-order valence-corrected chi connectivity index (χ0v) is 26.9. The third-order valence-electron chi connectivity index (χ3n) is 6.98. The van der Waals surface area contributed by atoms with E-state index in [1.54, 1.807) is 50.5 Å². The van der Waals surface area contributed by atoms with Crippen LogP contribution in [-0.2, 0) is 34.3 Å². The Morgan fingerprint density at radius 1 is 1.38 bits per heavy atom. The first-order valence-corrected chi connectivity index (χ1v) is 15.2.